The zero-order valence-electron chi connectivity index (χ0n) is 12.7. The monoisotopic (exact) mass is 302 g/mol. The van der Waals surface area contributed by atoms with Crippen LogP contribution in [0.1, 0.15) is 39.5 Å². The van der Waals surface area contributed by atoms with E-state index in [-0.39, 0.29) is 0 Å². The number of nitrogens with zero attached hydrogens (tertiary/aromatic N) is 1. The minimum Gasteiger partial charge on any atom is -0.545 e. The maximum absolute atomic E-state index is 11.8. The average molecular weight is 302 g/mol. The fraction of sp³-hybridized carbons (Fsp3) is 0.200. The third kappa shape index (κ3) is 2.38. The first-order chi connectivity index (χ1) is 11.2. The Morgan fingerprint density at radius 3 is 2.57 bits per heavy atom. The average Bonchev–Trinajstić information content (AvgIpc) is 2.59. The predicted molar refractivity (Wildman–Crippen MR) is 87.3 cm³/mol. The lowest BCUT2D eigenvalue weighted by Crippen LogP contribution is -2.27. The van der Waals surface area contributed by atoms with E-state index in [1.807, 2.05) is 42.5 Å². The molecule has 1 aromatic heterocycles. The first-order valence-corrected chi connectivity index (χ1v) is 7.91. The Labute approximate surface area is 134 Å². The van der Waals surface area contributed by atoms with Gasteiger partial charge < -0.3 is 9.90 Å². The Bertz CT molecular complexity index is 887. The summed E-state index contributed by atoms with van der Waals surface area (Å²) >= 11 is 0. The molecule has 0 bridgehead atoms. The molecule has 0 saturated heterocycles. The third-order valence-corrected chi connectivity index (χ3v) is 4.73. The number of hydrogen-bond donors (Lipinski definition) is 0. The quantitative estimate of drug-likeness (QED) is 0.731. The van der Waals surface area contributed by atoms with Crippen LogP contribution in [-0.4, -0.2) is 11.0 Å². The summed E-state index contributed by atoms with van der Waals surface area (Å²) in [6, 6.07) is 17.7. The topological polar surface area (TPSA) is 53.0 Å². The standard InChI is InChI=1S/C20H17NO2/c22-20(23)19-15-8-4-5-9-17(15)21-18-11-10-14(12-16(18)19)13-6-2-1-3-7-13/h1-9,14H,10-12H2,(H,22,23)/p-1/t14-/m1/s1. The molecule has 0 fully saturated rings. The highest BCUT2D eigenvalue weighted by Crippen LogP contribution is 2.35. The van der Waals surface area contributed by atoms with Crippen LogP contribution in [0.5, 0.6) is 0 Å². The molecule has 2 aromatic carbocycles. The van der Waals surface area contributed by atoms with E-state index in [1.165, 1.54) is 5.56 Å². The minimum atomic E-state index is -1.10. The molecule has 4 rings (SSSR count). The van der Waals surface area contributed by atoms with Crippen LogP contribution in [0, 0.1) is 0 Å². The maximum Gasteiger partial charge on any atom is 0.0725 e. The highest BCUT2D eigenvalue weighted by Gasteiger charge is 2.25. The van der Waals surface area contributed by atoms with E-state index in [1.54, 1.807) is 0 Å². The number of pyridine rings is 1. The highest BCUT2D eigenvalue weighted by molar-refractivity contribution is 6.03. The molecular formula is C20H16NO2-. The lowest BCUT2D eigenvalue weighted by Gasteiger charge is -2.27. The number of fused-ring (bicyclic) bond motifs is 2. The van der Waals surface area contributed by atoms with E-state index >= 15 is 0 Å². The maximum atomic E-state index is 11.8. The molecule has 1 aliphatic rings. The molecule has 0 saturated carbocycles. The number of para-hydroxylation sites is 1. The summed E-state index contributed by atoms with van der Waals surface area (Å²) in [6.07, 6.45) is 2.51. The Hall–Kier alpha value is -2.68. The number of hydrogen-bond acceptors (Lipinski definition) is 3. The number of carbonyl (C=O) groups is 1. The molecule has 0 radical (unpaired) electrons. The van der Waals surface area contributed by atoms with E-state index in [2.05, 4.69) is 12.1 Å². The fourth-order valence-electron chi connectivity index (χ4n) is 3.63. The molecule has 0 amide bonds. The van der Waals surface area contributed by atoms with E-state index in [0.717, 1.165) is 29.6 Å². The summed E-state index contributed by atoms with van der Waals surface area (Å²) in [5.41, 5.74) is 4.09. The summed E-state index contributed by atoms with van der Waals surface area (Å²) in [5, 5.41) is 12.5. The van der Waals surface area contributed by atoms with Crippen LogP contribution >= 0.6 is 0 Å². The van der Waals surface area contributed by atoms with Crippen molar-refractivity contribution in [3.8, 4) is 0 Å². The molecule has 114 valence electrons. The first kappa shape index (κ1) is 13.9. The highest BCUT2D eigenvalue weighted by atomic mass is 16.4. The van der Waals surface area contributed by atoms with Crippen LogP contribution in [0.2, 0.25) is 0 Å². The molecule has 0 spiro atoms. The number of aromatic carboxylic acids is 1. The Morgan fingerprint density at radius 2 is 1.78 bits per heavy atom. The van der Waals surface area contributed by atoms with Crippen molar-refractivity contribution in [3.05, 3.63) is 77.0 Å². The number of benzene rings is 2. The molecule has 0 unspecified atom stereocenters. The summed E-state index contributed by atoms with van der Waals surface area (Å²) in [7, 11) is 0. The number of carbonyl (C=O) groups excluding carboxylic acids is 1. The van der Waals surface area contributed by atoms with Gasteiger partial charge in [-0.25, -0.2) is 0 Å². The SMILES string of the molecule is O=C([O-])c1c2c(nc3ccccc13)CC[C@@H](c1ccccc1)C2. The lowest BCUT2D eigenvalue weighted by molar-refractivity contribution is -0.254. The second-order valence-corrected chi connectivity index (χ2v) is 6.07. The van der Waals surface area contributed by atoms with Crippen molar-refractivity contribution in [2.24, 2.45) is 0 Å². The van der Waals surface area contributed by atoms with Gasteiger partial charge in [-0.05, 0) is 42.4 Å². The molecular weight excluding hydrogens is 286 g/mol. The van der Waals surface area contributed by atoms with E-state index in [9.17, 15) is 9.90 Å². The fourth-order valence-corrected chi connectivity index (χ4v) is 3.63. The summed E-state index contributed by atoms with van der Waals surface area (Å²) < 4.78 is 0. The Morgan fingerprint density at radius 1 is 1.04 bits per heavy atom. The second-order valence-electron chi connectivity index (χ2n) is 6.07. The van der Waals surface area contributed by atoms with Crippen molar-refractivity contribution in [1.82, 2.24) is 4.98 Å². The van der Waals surface area contributed by atoms with Crippen LogP contribution in [0.4, 0.5) is 0 Å². The summed E-state index contributed by atoms with van der Waals surface area (Å²) in [4.78, 5) is 16.5. The van der Waals surface area contributed by atoms with Crippen LogP contribution in [0.15, 0.2) is 54.6 Å². The van der Waals surface area contributed by atoms with Gasteiger partial charge in [0.05, 0.1) is 11.5 Å². The molecule has 1 atom stereocenters. The minimum absolute atomic E-state index is 0.325. The second kappa shape index (κ2) is 5.51. The van der Waals surface area contributed by atoms with Gasteiger partial charge >= 0.3 is 0 Å². The zero-order valence-corrected chi connectivity index (χ0v) is 12.7. The number of aryl methyl sites for hydroxylation is 1. The largest absolute Gasteiger partial charge is 0.545 e. The van der Waals surface area contributed by atoms with Gasteiger partial charge in [-0.1, -0.05) is 48.5 Å². The van der Waals surface area contributed by atoms with Gasteiger partial charge in [-0.15, -0.1) is 0 Å². The van der Waals surface area contributed by atoms with Crippen molar-refractivity contribution in [2.45, 2.75) is 25.2 Å². The van der Waals surface area contributed by atoms with E-state index in [4.69, 9.17) is 4.98 Å². The van der Waals surface area contributed by atoms with Gasteiger partial charge in [-0.2, -0.15) is 0 Å². The van der Waals surface area contributed by atoms with Gasteiger partial charge in [0.15, 0.2) is 0 Å². The normalized spacial score (nSPS) is 17.0. The van der Waals surface area contributed by atoms with Crippen molar-refractivity contribution in [3.63, 3.8) is 0 Å². The van der Waals surface area contributed by atoms with Gasteiger partial charge in [0.2, 0.25) is 0 Å². The molecule has 3 aromatic rings. The molecule has 23 heavy (non-hydrogen) atoms. The van der Waals surface area contributed by atoms with Gasteiger partial charge in [0.25, 0.3) is 0 Å². The number of carboxylic acid groups (broad SMARTS) is 1. The summed E-state index contributed by atoms with van der Waals surface area (Å²) in [6.45, 7) is 0. The Balaban J connectivity index is 1.87. The van der Waals surface area contributed by atoms with Gasteiger partial charge in [0, 0.05) is 16.6 Å². The molecule has 3 nitrogen and oxygen atoms in total. The number of carboxylic acids is 1. The van der Waals surface area contributed by atoms with Crippen LogP contribution in [0.3, 0.4) is 0 Å². The summed E-state index contributed by atoms with van der Waals surface area (Å²) in [5.74, 6) is -0.765. The van der Waals surface area contributed by atoms with Crippen molar-refractivity contribution in [1.29, 1.82) is 0 Å². The predicted octanol–water partition coefficient (Wildman–Crippen LogP) is 2.87. The van der Waals surface area contributed by atoms with E-state index in [0.29, 0.717) is 23.3 Å². The Kier molecular flexibility index (Phi) is 3.34. The van der Waals surface area contributed by atoms with Crippen LogP contribution < -0.4 is 5.11 Å². The van der Waals surface area contributed by atoms with E-state index < -0.39 is 5.97 Å². The van der Waals surface area contributed by atoms with Crippen molar-refractivity contribution < 1.29 is 9.90 Å². The van der Waals surface area contributed by atoms with Gasteiger partial charge in [0.1, 0.15) is 0 Å². The molecule has 0 N–H and O–H groups in total. The first-order valence-electron chi connectivity index (χ1n) is 7.91. The van der Waals surface area contributed by atoms with Crippen LogP contribution in [0.25, 0.3) is 10.9 Å². The molecule has 0 aliphatic heterocycles. The number of aromatic nitrogens is 1. The lowest BCUT2D eigenvalue weighted by atomic mass is 9.80. The molecule has 1 aliphatic carbocycles. The van der Waals surface area contributed by atoms with Gasteiger partial charge in [-0.3, -0.25) is 4.98 Å². The van der Waals surface area contributed by atoms with Crippen molar-refractivity contribution >= 4 is 16.9 Å². The van der Waals surface area contributed by atoms with Crippen molar-refractivity contribution in [2.75, 3.05) is 0 Å². The number of rotatable bonds is 2. The third-order valence-electron chi connectivity index (χ3n) is 4.73. The zero-order chi connectivity index (χ0) is 15.8. The van der Waals surface area contributed by atoms with Crippen LogP contribution in [-0.2, 0) is 12.8 Å². The smallest absolute Gasteiger partial charge is 0.0725 e. The molecule has 1 heterocycles. The molecule has 3 heteroatoms.